The van der Waals surface area contributed by atoms with Gasteiger partial charge >= 0.3 is 0 Å². The van der Waals surface area contributed by atoms with Gasteiger partial charge in [-0.25, -0.2) is 0 Å². The van der Waals surface area contributed by atoms with Crippen molar-refractivity contribution in [1.29, 1.82) is 0 Å². The maximum atomic E-state index is 13.0. The smallest absolute Gasteiger partial charge is 0.253 e. The Labute approximate surface area is 160 Å². The summed E-state index contributed by atoms with van der Waals surface area (Å²) in [6, 6.07) is 6.17. The summed E-state index contributed by atoms with van der Waals surface area (Å²) < 4.78 is 2.34. The van der Waals surface area contributed by atoms with E-state index in [2.05, 4.69) is 39.0 Å². The molecule has 5 rings (SSSR count). The van der Waals surface area contributed by atoms with Gasteiger partial charge in [0, 0.05) is 37.5 Å². The van der Waals surface area contributed by atoms with Crippen molar-refractivity contribution in [2.24, 2.45) is 0 Å². The van der Waals surface area contributed by atoms with Crippen LogP contribution in [-0.2, 0) is 19.4 Å². The highest BCUT2D eigenvalue weighted by molar-refractivity contribution is 5.94. The summed E-state index contributed by atoms with van der Waals surface area (Å²) >= 11 is 0. The number of fused-ring (bicyclic) bond motifs is 2. The van der Waals surface area contributed by atoms with Crippen LogP contribution in [0.3, 0.4) is 0 Å². The maximum Gasteiger partial charge on any atom is 0.253 e. The van der Waals surface area contributed by atoms with Gasteiger partial charge in [-0.1, -0.05) is 18.2 Å². The van der Waals surface area contributed by atoms with Crippen molar-refractivity contribution in [3.8, 4) is 0 Å². The second kappa shape index (κ2) is 6.95. The predicted molar refractivity (Wildman–Crippen MR) is 105 cm³/mol. The minimum absolute atomic E-state index is 0.175. The van der Waals surface area contributed by atoms with Crippen LogP contribution in [-0.4, -0.2) is 38.7 Å². The fraction of sp³-hybridized carbons (Fsp3) is 0.500. The molecule has 1 amide bonds. The Bertz CT molecular complexity index is 890. The van der Waals surface area contributed by atoms with E-state index >= 15 is 0 Å². The Morgan fingerprint density at radius 1 is 1.04 bits per heavy atom. The molecule has 0 N–H and O–H groups in total. The summed E-state index contributed by atoms with van der Waals surface area (Å²) in [6.45, 7) is 2.67. The van der Waals surface area contributed by atoms with Crippen LogP contribution in [0.2, 0.25) is 0 Å². The van der Waals surface area contributed by atoms with Crippen molar-refractivity contribution >= 4 is 12.0 Å². The molecule has 2 aromatic rings. The van der Waals surface area contributed by atoms with Crippen LogP contribution in [0.5, 0.6) is 0 Å². The first-order valence-electron chi connectivity index (χ1n) is 10.3. The summed E-state index contributed by atoms with van der Waals surface area (Å²) in [7, 11) is 0. The van der Waals surface area contributed by atoms with E-state index in [9.17, 15) is 4.79 Å². The molecule has 1 aromatic carbocycles. The minimum Gasteiger partial charge on any atom is -0.339 e. The average Bonchev–Trinajstić information content (AvgIpc) is 3.17. The van der Waals surface area contributed by atoms with Crippen LogP contribution < -0.4 is 0 Å². The van der Waals surface area contributed by atoms with E-state index in [0.29, 0.717) is 5.92 Å². The fourth-order valence-corrected chi connectivity index (χ4v) is 4.72. The van der Waals surface area contributed by atoms with Crippen LogP contribution in [0.4, 0.5) is 0 Å². The van der Waals surface area contributed by atoms with Gasteiger partial charge in [0.15, 0.2) is 0 Å². The zero-order valence-electron chi connectivity index (χ0n) is 15.7. The number of allylic oxidation sites excluding steroid dienone is 1. The van der Waals surface area contributed by atoms with Crippen molar-refractivity contribution in [3.63, 3.8) is 0 Å². The van der Waals surface area contributed by atoms with Gasteiger partial charge in [0.25, 0.3) is 5.91 Å². The van der Waals surface area contributed by atoms with Gasteiger partial charge < -0.3 is 9.47 Å². The number of nitrogens with zero attached hydrogens (tertiary/aromatic N) is 4. The van der Waals surface area contributed by atoms with Crippen molar-refractivity contribution in [2.75, 3.05) is 13.1 Å². The van der Waals surface area contributed by atoms with Gasteiger partial charge in [0.1, 0.15) is 11.6 Å². The van der Waals surface area contributed by atoms with Crippen molar-refractivity contribution < 1.29 is 4.79 Å². The first-order valence-corrected chi connectivity index (χ1v) is 10.3. The molecule has 3 aliphatic rings. The number of amides is 1. The highest BCUT2D eigenvalue weighted by atomic mass is 16.2. The van der Waals surface area contributed by atoms with Gasteiger partial charge in [-0.05, 0) is 61.8 Å². The van der Waals surface area contributed by atoms with Crippen molar-refractivity contribution in [3.05, 3.63) is 52.6 Å². The maximum absolute atomic E-state index is 13.0. The topological polar surface area (TPSA) is 51.0 Å². The third-order valence-corrected chi connectivity index (χ3v) is 6.30. The molecule has 0 radical (unpaired) electrons. The zero-order chi connectivity index (χ0) is 18.2. The van der Waals surface area contributed by atoms with E-state index < -0.39 is 0 Å². The molecule has 1 saturated heterocycles. The Hall–Kier alpha value is -2.43. The number of aryl methyl sites for hydroxylation is 2. The number of carbonyl (C=O) groups is 1. The number of piperidine rings is 1. The Morgan fingerprint density at radius 2 is 1.93 bits per heavy atom. The molecule has 0 saturated carbocycles. The molecule has 140 valence electrons. The molecule has 1 aliphatic carbocycles. The van der Waals surface area contributed by atoms with E-state index in [1.54, 1.807) is 0 Å². The molecular weight excluding hydrogens is 336 g/mol. The fourth-order valence-electron chi connectivity index (χ4n) is 4.72. The van der Waals surface area contributed by atoms with Gasteiger partial charge in [0.05, 0.1) is 0 Å². The summed E-state index contributed by atoms with van der Waals surface area (Å²) in [5.74, 6) is 2.91. The molecular formula is C22H26N4O. The summed E-state index contributed by atoms with van der Waals surface area (Å²) in [5.41, 5.74) is 3.39. The summed E-state index contributed by atoms with van der Waals surface area (Å²) in [6.07, 6.45) is 11.9. The number of benzene rings is 1. The van der Waals surface area contributed by atoms with Crippen LogP contribution in [0.15, 0.2) is 24.3 Å². The average molecular weight is 362 g/mol. The lowest BCUT2D eigenvalue weighted by Crippen LogP contribution is -2.38. The first kappa shape index (κ1) is 16.7. The summed E-state index contributed by atoms with van der Waals surface area (Å²) in [5, 5.41) is 8.90. The van der Waals surface area contributed by atoms with E-state index in [-0.39, 0.29) is 5.91 Å². The first-order chi connectivity index (χ1) is 13.3. The lowest BCUT2D eigenvalue weighted by molar-refractivity contribution is 0.0710. The highest BCUT2D eigenvalue weighted by Gasteiger charge is 2.29. The molecule has 5 heteroatoms. The molecule has 0 spiro atoms. The number of carbonyl (C=O) groups excluding carboxylic acids is 1. The highest BCUT2D eigenvalue weighted by Crippen LogP contribution is 2.30. The van der Waals surface area contributed by atoms with Gasteiger partial charge in [-0.15, -0.1) is 10.2 Å². The third-order valence-electron chi connectivity index (χ3n) is 6.30. The number of likely N-dealkylation sites (tertiary alicyclic amines) is 1. The Balaban J connectivity index is 1.27. The number of aromatic nitrogens is 3. The SMILES string of the molecule is O=C(c1ccc2c(c1)CCC=C2)N1CCC(c2nnc3n2CCCC3)CC1. The molecule has 1 aromatic heterocycles. The minimum atomic E-state index is 0.175. The standard InChI is InChI=1S/C22H26N4O/c27-22(19-9-8-16-5-1-2-6-18(16)15-19)25-13-10-17(11-14-25)21-24-23-20-7-3-4-12-26(20)21/h1,5,8-9,15,17H,2-4,6-7,10-14H2. The van der Waals surface area contributed by atoms with E-state index in [0.717, 1.165) is 69.0 Å². The van der Waals surface area contributed by atoms with E-state index in [4.69, 9.17) is 0 Å². The molecule has 3 heterocycles. The van der Waals surface area contributed by atoms with Crippen LogP contribution in [0, 0.1) is 0 Å². The van der Waals surface area contributed by atoms with E-state index in [1.165, 1.54) is 24.0 Å². The van der Waals surface area contributed by atoms with E-state index in [1.807, 2.05) is 11.0 Å². The van der Waals surface area contributed by atoms with Crippen molar-refractivity contribution in [1.82, 2.24) is 19.7 Å². The number of rotatable bonds is 2. The predicted octanol–water partition coefficient (Wildman–Crippen LogP) is 3.59. The molecule has 5 nitrogen and oxygen atoms in total. The lowest BCUT2D eigenvalue weighted by atomic mass is 9.93. The van der Waals surface area contributed by atoms with Gasteiger partial charge in [-0.2, -0.15) is 0 Å². The molecule has 0 unspecified atom stereocenters. The normalized spacial score (nSPS) is 19.6. The lowest BCUT2D eigenvalue weighted by Gasteiger charge is -2.32. The second-order valence-corrected chi connectivity index (χ2v) is 8.00. The molecule has 2 aliphatic heterocycles. The number of hydrogen-bond acceptors (Lipinski definition) is 3. The van der Waals surface area contributed by atoms with Crippen LogP contribution >= 0.6 is 0 Å². The quantitative estimate of drug-likeness (QED) is 0.820. The molecule has 0 bridgehead atoms. The van der Waals surface area contributed by atoms with Gasteiger partial charge in [-0.3, -0.25) is 4.79 Å². The van der Waals surface area contributed by atoms with Crippen LogP contribution in [0.1, 0.15) is 71.2 Å². The summed E-state index contributed by atoms with van der Waals surface area (Å²) in [4.78, 5) is 15.0. The monoisotopic (exact) mass is 362 g/mol. The zero-order valence-corrected chi connectivity index (χ0v) is 15.7. The van der Waals surface area contributed by atoms with Crippen LogP contribution in [0.25, 0.3) is 6.08 Å². The third kappa shape index (κ3) is 3.09. The Morgan fingerprint density at radius 3 is 2.81 bits per heavy atom. The second-order valence-electron chi connectivity index (χ2n) is 8.00. The largest absolute Gasteiger partial charge is 0.339 e. The molecule has 0 atom stereocenters. The number of hydrogen-bond donors (Lipinski definition) is 0. The van der Waals surface area contributed by atoms with Gasteiger partial charge in [0.2, 0.25) is 0 Å². The Kier molecular flexibility index (Phi) is 4.30. The van der Waals surface area contributed by atoms with Crippen molar-refractivity contribution in [2.45, 2.75) is 57.4 Å². The molecule has 1 fully saturated rings. The molecule has 27 heavy (non-hydrogen) atoms.